The van der Waals surface area contributed by atoms with Crippen LogP contribution < -0.4 is 10.6 Å². The molecule has 0 aliphatic carbocycles. The second-order valence-electron chi connectivity index (χ2n) is 7.74. The third-order valence-corrected chi connectivity index (χ3v) is 5.97. The number of hydrogen-bond acceptors (Lipinski definition) is 6. The average molecular weight is 430 g/mol. The number of piperidine rings is 1. The van der Waals surface area contributed by atoms with E-state index in [1.165, 1.54) is 5.56 Å². The number of aromatic nitrogens is 3. The van der Waals surface area contributed by atoms with E-state index in [1.807, 2.05) is 26.8 Å². The molecule has 1 aromatic carbocycles. The molecular weight excluding hydrogens is 398 g/mol. The van der Waals surface area contributed by atoms with E-state index < -0.39 is 0 Å². The van der Waals surface area contributed by atoms with Gasteiger partial charge >= 0.3 is 0 Å². The second kappa shape index (κ2) is 9.31. The summed E-state index contributed by atoms with van der Waals surface area (Å²) in [5.74, 6) is 1.95. The van der Waals surface area contributed by atoms with Crippen LogP contribution in [0.2, 0.25) is 5.02 Å². The monoisotopic (exact) mass is 429 g/mol. The fourth-order valence-electron chi connectivity index (χ4n) is 4.11. The highest BCUT2D eigenvalue weighted by Crippen LogP contribution is 2.40. The first-order valence-electron chi connectivity index (χ1n) is 10.8. The minimum atomic E-state index is 0.220. The van der Waals surface area contributed by atoms with Gasteiger partial charge in [0.2, 0.25) is 0 Å². The summed E-state index contributed by atoms with van der Waals surface area (Å²) in [6.45, 7) is 13.1. The molecule has 162 valence electrons. The lowest BCUT2D eigenvalue weighted by atomic mass is 9.96. The number of rotatable bonds is 3. The molecule has 3 aromatic rings. The van der Waals surface area contributed by atoms with Crippen molar-refractivity contribution in [1.29, 1.82) is 0 Å². The van der Waals surface area contributed by atoms with Crippen LogP contribution in [0.5, 0.6) is 0 Å². The molecule has 2 unspecified atom stereocenters. The second-order valence-corrected chi connectivity index (χ2v) is 8.14. The van der Waals surface area contributed by atoms with Crippen LogP contribution in [0.4, 0.5) is 5.82 Å². The van der Waals surface area contributed by atoms with Gasteiger partial charge in [0.05, 0.1) is 16.1 Å². The number of pyridine rings is 1. The highest BCUT2D eigenvalue weighted by atomic mass is 35.5. The average Bonchev–Trinajstić information content (AvgIpc) is 3.15. The van der Waals surface area contributed by atoms with E-state index in [1.54, 1.807) is 0 Å². The van der Waals surface area contributed by atoms with Crippen LogP contribution >= 0.6 is 11.6 Å². The van der Waals surface area contributed by atoms with Gasteiger partial charge in [-0.05, 0) is 63.3 Å². The molecule has 30 heavy (non-hydrogen) atoms. The Morgan fingerprint density at radius 3 is 2.57 bits per heavy atom. The van der Waals surface area contributed by atoms with Gasteiger partial charge in [0.15, 0.2) is 5.82 Å². The lowest BCUT2D eigenvalue weighted by Gasteiger charge is -2.38. The molecule has 1 aliphatic heterocycles. The van der Waals surface area contributed by atoms with Crippen LogP contribution in [0.3, 0.4) is 0 Å². The molecule has 1 saturated heterocycles. The zero-order valence-corrected chi connectivity index (χ0v) is 19.5. The van der Waals surface area contributed by atoms with Crippen molar-refractivity contribution in [2.75, 3.05) is 11.4 Å². The molecule has 0 spiro atoms. The number of nitrogens with two attached hydrogens (primary N) is 1. The number of hydrogen-bond donors (Lipinski definition) is 1. The van der Waals surface area contributed by atoms with E-state index in [0.29, 0.717) is 16.7 Å². The van der Waals surface area contributed by atoms with Crippen molar-refractivity contribution in [3.63, 3.8) is 0 Å². The van der Waals surface area contributed by atoms with Gasteiger partial charge in [-0.1, -0.05) is 37.5 Å². The SMILES string of the molecule is CC.CCc1cc(Cl)c2nc(N3CCC(N)CC3C)c(-c3nc(C)no3)c(C)c2c1. The van der Waals surface area contributed by atoms with Gasteiger partial charge in [0.1, 0.15) is 5.82 Å². The van der Waals surface area contributed by atoms with Crippen molar-refractivity contribution < 1.29 is 4.52 Å². The summed E-state index contributed by atoms with van der Waals surface area (Å²) < 4.78 is 5.57. The molecule has 7 heteroatoms. The topological polar surface area (TPSA) is 81.1 Å². The first-order valence-corrected chi connectivity index (χ1v) is 11.2. The Hall–Kier alpha value is -2.18. The number of benzene rings is 1. The van der Waals surface area contributed by atoms with Crippen LogP contribution in [0, 0.1) is 13.8 Å². The van der Waals surface area contributed by atoms with Gasteiger partial charge < -0.3 is 15.2 Å². The van der Waals surface area contributed by atoms with Crippen LogP contribution in [0.25, 0.3) is 22.4 Å². The van der Waals surface area contributed by atoms with Crippen LogP contribution in [-0.4, -0.2) is 33.8 Å². The lowest BCUT2D eigenvalue weighted by Crippen LogP contribution is -2.46. The standard InChI is InChI=1S/C21H26ClN5O.C2H6/c1-5-14-9-16-12(3)18(21-24-13(4)26-28-21)20(25-19(16)17(22)10-14)27-7-6-15(23)8-11(27)2;1-2/h9-11,15H,5-8,23H2,1-4H3;1-2H3. The van der Waals surface area contributed by atoms with Gasteiger partial charge in [-0.15, -0.1) is 0 Å². The summed E-state index contributed by atoms with van der Waals surface area (Å²) in [5, 5.41) is 5.71. The molecule has 4 rings (SSSR count). The van der Waals surface area contributed by atoms with E-state index in [0.717, 1.165) is 53.7 Å². The Morgan fingerprint density at radius 2 is 1.97 bits per heavy atom. The summed E-state index contributed by atoms with van der Waals surface area (Å²) in [4.78, 5) is 11.8. The van der Waals surface area contributed by atoms with Gasteiger partial charge in [-0.3, -0.25) is 0 Å². The van der Waals surface area contributed by atoms with Crippen molar-refractivity contribution in [3.05, 3.63) is 34.1 Å². The quantitative estimate of drug-likeness (QED) is 0.595. The predicted molar refractivity (Wildman–Crippen MR) is 124 cm³/mol. The number of aryl methyl sites for hydroxylation is 3. The van der Waals surface area contributed by atoms with E-state index in [2.05, 4.69) is 41.9 Å². The van der Waals surface area contributed by atoms with E-state index in [-0.39, 0.29) is 12.1 Å². The molecule has 2 aromatic heterocycles. The maximum Gasteiger partial charge on any atom is 0.261 e. The van der Waals surface area contributed by atoms with Gasteiger partial charge in [0, 0.05) is 24.0 Å². The minimum absolute atomic E-state index is 0.220. The Balaban J connectivity index is 0.00000124. The fourth-order valence-corrected chi connectivity index (χ4v) is 4.39. The molecular formula is C23H32ClN5O. The highest BCUT2D eigenvalue weighted by molar-refractivity contribution is 6.35. The lowest BCUT2D eigenvalue weighted by molar-refractivity contribution is 0.420. The highest BCUT2D eigenvalue weighted by Gasteiger charge is 2.30. The summed E-state index contributed by atoms with van der Waals surface area (Å²) >= 11 is 6.63. The van der Waals surface area contributed by atoms with Gasteiger partial charge in [-0.25, -0.2) is 4.98 Å². The van der Waals surface area contributed by atoms with Crippen molar-refractivity contribution in [3.8, 4) is 11.5 Å². The number of anilines is 1. The van der Waals surface area contributed by atoms with Gasteiger partial charge in [0.25, 0.3) is 5.89 Å². The van der Waals surface area contributed by atoms with Crippen molar-refractivity contribution in [2.45, 2.75) is 72.9 Å². The summed E-state index contributed by atoms with van der Waals surface area (Å²) in [6.07, 6.45) is 2.75. The Kier molecular flexibility index (Phi) is 6.98. The molecule has 1 aliphatic rings. The zero-order chi connectivity index (χ0) is 22.0. The van der Waals surface area contributed by atoms with Crippen LogP contribution in [0.1, 0.15) is 57.5 Å². The zero-order valence-electron chi connectivity index (χ0n) is 18.8. The molecule has 0 saturated carbocycles. The maximum atomic E-state index is 6.63. The van der Waals surface area contributed by atoms with Gasteiger partial charge in [-0.2, -0.15) is 4.98 Å². The van der Waals surface area contributed by atoms with Crippen molar-refractivity contribution in [2.24, 2.45) is 5.73 Å². The number of nitrogens with zero attached hydrogens (tertiary/aromatic N) is 4. The molecule has 6 nitrogen and oxygen atoms in total. The first-order chi connectivity index (χ1) is 14.4. The van der Waals surface area contributed by atoms with E-state index >= 15 is 0 Å². The molecule has 0 bridgehead atoms. The molecule has 2 atom stereocenters. The van der Waals surface area contributed by atoms with E-state index in [4.69, 9.17) is 26.8 Å². The Labute approximate surface area is 183 Å². The molecule has 0 amide bonds. The van der Waals surface area contributed by atoms with Crippen LogP contribution in [0.15, 0.2) is 16.7 Å². The third kappa shape index (κ3) is 4.16. The normalized spacial score (nSPS) is 19.0. The van der Waals surface area contributed by atoms with E-state index in [9.17, 15) is 0 Å². The maximum absolute atomic E-state index is 6.63. The largest absolute Gasteiger partial charge is 0.353 e. The van der Waals surface area contributed by atoms with Crippen LogP contribution in [-0.2, 0) is 6.42 Å². The molecule has 1 fully saturated rings. The Bertz CT molecular complexity index is 1030. The third-order valence-electron chi connectivity index (χ3n) is 5.68. The predicted octanol–water partition coefficient (Wildman–Crippen LogP) is 5.46. The molecule has 3 heterocycles. The fraction of sp³-hybridized carbons (Fsp3) is 0.522. The van der Waals surface area contributed by atoms with Crippen molar-refractivity contribution >= 4 is 28.3 Å². The number of fused-ring (bicyclic) bond motifs is 1. The number of halogens is 1. The molecule has 2 N–H and O–H groups in total. The van der Waals surface area contributed by atoms with Crippen molar-refractivity contribution in [1.82, 2.24) is 15.1 Å². The Morgan fingerprint density at radius 1 is 1.23 bits per heavy atom. The smallest absolute Gasteiger partial charge is 0.261 e. The minimum Gasteiger partial charge on any atom is -0.353 e. The molecule has 0 radical (unpaired) electrons. The summed E-state index contributed by atoms with van der Waals surface area (Å²) in [5.41, 5.74) is 10.1. The first kappa shape index (κ1) is 22.5. The summed E-state index contributed by atoms with van der Waals surface area (Å²) in [7, 11) is 0. The summed E-state index contributed by atoms with van der Waals surface area (Å²) in [6, 6.07) is 4.66.